The summed E-state index contributed by atoms with van der Waals surface area (Å²) in [7, 11) is 1.75. The van der Waals surface area contributed by atoms with Crippen LogP contribution in [0.25, 0.3) is 11.3 Å². The largest absolute Gasteiger partial charge is 0.376 e. The summed E-state index contributed by atoms with van der Waals surface area (Å²) in [4.78, 5) is 45.0. The van der Waals surface area contributed by atoms with E-state index >= 15 is 0 Å². The van der Waals surface area contributed by atoms with Crippen LogP contribution in [-0.2, 0) is 27.4 Å². The SMILES string of the molecule is COC1(C)CN(Cc2ccnc(-c3ccc4c(c3)CN(C3CCC(=O)NC3=O)C4=O)c2)C1. The van der Waals surface area contributed by atoms with E-state index in [4.69, 9.17) is 4.74 Å². The van der Waals surface area contributed by atoms with Gasteiger partial charge in [-0.1, -0.05) is 6.07 Å². The van der Waals surface area contributed by atoms with Crippen LogP contribution in [0.2, 0.25) is 0 Å². The van der Waals surface area contributed by atoms with Gasteiger partial charge < -0.3 is 9.64 Å². The lowest BCUT2D eigenvalue weighted by atomic mass is 9.95. The Labute approximate surface area is 186 Å². The van der Waals surface area contributed by atoms with Gasteiger partial charge in [0.05, 0.1) is 11.3 Å². The normalized spacial score (nSPS) is 22.5. The molecule has 8 nitrogen and oxygen atoms in total. The van der Waals surface area contributed by atoms with E-state index in [1.54, 1.807) is 12.0 Å². The molecule has 0 saturated carbocycles. The monoisotopic (exact) mass is 434 g/mol. The van der Waals surface area contributed by atoms with E-state index in [2.05, 4.69) is 28.2 Å². The number of carbonyl (C=O) groups is 3. The molecule has 4 heterocycles. The van der Waals surface area contributed by atoms with Gasteiger partial charge in [-0.25, -0.2) is 0 Å². The molecule has 2 aromatic rings. The molecule has 0 aliphatic carbocycles. The molecule has 2 fully saturated rings. The number of fused-ring (bicyclic) bond motifs is 1. The zero-order valence-electron chi connectivity index (χ0n) is 18.3. The molecule has 5 rings (SSSR count). The number of benzene rings is 1. The fraction of sp³-hybridized carbons (Fsp3) is 0.417. The van der Waals surface area contributed by atoms with Gasteiger partial charge in [0.25, 0.3) is 5.91 Å². The Hall–Kier alpha value is -3.10. The summed E-state index contributed by atoms with van der Waals surface area (Å²) in [6, 6.07) is 9.20. The van der Waals surface area contributed by atoms with Gasteiger partial charge in [0, 0.05) is 57.0 Å². The predicted octanol–water partition coefficient (Wildman–Crippen LogP) is 1.73. The van der Waals surface area contributed by atoms with Crippen LogP contribution in [0, 0.1) is 0 Å². The van der Waals surface area contributed by atoms with Gasteiger partial charge in [-0.15, -0.1) is 0 Å². The highest BCUT2D eigenvalue weighted by Gasteiger charge is 2.40. The maximum Gasteiger partial charge on any atom is 0.255 e. The fourth-order valence-corrected chi connectivity index (χ4v) is 4.86. The van der Waals surface area contributed by atoms with E-state index in [0.29, 0.717) is 18.5 Å². The smallest absolute Gasteiger partial charge is 0.255 e. The van der Waals surface area contributed by atoms with Gasteiger partial charge in [-0.05, 0) is 48.7 Å². The molecular formula is C24H26N4O4. The van der Waals surface area contributed by atoms with Crippen LogP contribution in [0.4, 0.5) is 0 Å². The highest BCUT2D eigenvalue weighted by Crippen LogP contribution is 2.31. The topological polar surface area (TPSA) is 91.8 Å². The van der Waals surface area contributed by atoms with Crippen molar-refractivity contribution >= 4 is 17.7 Å². The highest BCUT2D eigenvalue weighted by atomic mass is 16.5. The molecule has 1 unspecified atom stereocenters. The number of pyridine rings is 1. The van der Waals surface area contributed by atoms with Gasteiger partial charge in [-0.3, -0.25) is 29.6 Å². The van der Waals surface area contributed by atoms with Gasteiger partial charge in [0.2, 0.25) is 11.8 Å². The fourth-order valence-electron chi connectivity index (χ4n) is 4.86. The van der Waals surface area contributed by atoms with Crippen molar-refractivity contribution in [1.82, 2.24) is 20.1 Å². The zero-order chi connectivity index (χ0) is 22.5. The Morgan fingerprint density at radius 2 is 2.00 bits per heavy atom. The van der Waals surface area contributed by atoms with E-state index in [9.17, 15) is 14.4 Å². The molecule has 32 heavy (non-hydrogen) atoms. The van der Waals surface area contributed by atoms with Crippen molar-refractivity contribution < 1.29 is 19.1 Å². The Bertz CT molecular complexity index is 1110. The summed E-state index contributed by atoms with van der Waals surface area (Å²) in [5.74, 6) is -0.844. The van der Waals surface area contributed by atoms with Gasteiger partial charge in [-0.2, -0.15) is 0 Å². The molecule has 3 aliphatic rings. The molecule has 2 saturated heterocycles. The molecule has 1 aromatic carbocycles. The second-order valence-corrected chi connectivity index (χ2v) is 9.12. The van der Waals surface area contributed by atoms with Crippen molar-refractivity contribution in [1.29, 1.82) is 0 Å². The second-order valence-electron chi connectivity index (χ2n) is 9.12. The third-order valence-electron chi connectivity index (χ3n) is 6.66. The predicted molar refractivity (Wildman–Crippen MR) is 116 cm³/mol. The van der Waals surface area contributed by atoms with E-state index in [0.717, 1.165) is 36.5 Å². The number of carbonyl (C=O) groups excluding carboxylic acids is 3. The Morgan fingerprint density at radius 1 is 1.19 bits per heavy atom. The number of likely N-dealkylation sites (tertiary alicyclic amines) is 1. The summed E-state index contributed by atoms with van der Waals surface area (Å²) in [6.07, 6.45) is 2.42. The molecule has 1 aromatic heterocycles. The number of methoxy groups -OCH3 is 1. The van der Waals surface area contributed by atoms with Crippen LogP contribution < -0.4 is 5.32 Å². The summed E-state index contributed by atoms with van der Waals surface area (Å²) >= 11 is 0. The first-order chi connectivity index (χ1) is 15.3. The number of amides is 3. The van der Waals surface area contributed by atoms with Gasteiger partial charge in [0.1, 0.15) is 6.04 Å². The van der Waals surface area contributed by atoms with Crippen molar-refractivity contribution in [3.8, 4) is 11.3 Å². The van der Waals surface area contributed by atoms with E-state index in [1.165, 1.54) is 5.56 Å². The summed E-state index contributed by atoms with van der Waals surface area (Å²) in [6.45, 7) is 5.11. The van der Waals surface area contributed by atoms with Crippen molar-refractivity contribution in [2.24, 2.45) is 0 Å². The third kappa shape index (κ3) is 3.69. The molecule has 3 amide bonds. The first-order valence-electron chi connectivity index (χ1n) is 10.9. The molecule has 0 bridgehead atoms. The summed E-state index contributed by atoms with van der Waals surface area (Å²) in [5, 5.41) is 2.34. The molecule has 1 N–H and O–H groups in total. The van der Waals surface area contributed by atoms with E-state index in [1.807, 2.05) is 30.5 Å². The summed E-state index contributed by atoms with van der Waals surface area (Å²) in [5.41, 5.74) is 4.39. The van der Waals surface area contributed by atoms with Crippen molar-refractivity contribution in [2.75, 3.05) is 20.2 Å². The number of nitrogens with zero attached hydrogens (tertiary/aromatic N) is 3. The lowest BCUT2D eigenvalue weighted by Crippen LogP contribution is -2.60. The minimum absolute atomic E-state index is 0.0587. The second kappa shape index (κ2) is 7.79. The van der Waals surface area contributed by atoms with Crippen LogP contribution in [0.15, 0.2) is 36.5 Å². The molecule has 3 aliphatic heterocycles. The van der Waals surface area contributed by atoms with Crippen molar-refractivity contribution in [3.63, 3.8) is 0 Å². The number of imide groups is 1. The summed E-state index contributed by atoms with van der Waals surface area (Å²) < 4.78 is 5.52. The molecule has 0 spiro atoms. The molecule has 166 valence electrons. The first-order valence-corrected chi connectivity index (χ1v) is 10.9. The van der Waals surface area contributed by atoms with E-state index in [-0.39, 0.29) is 23.8 Å². The highest BCUT2D eigenvalue weighted by molar-refractivity contribution is 6.05. The van der Waals surface area contributed by atoms with Crippen LogP contribution in [-0.4, -0.2) is 64.3 Å². The maximum atomic E-state index is 12.9. The minimum atomic E-state index is -0.605. The lowest BCUT2D eigenvalue weighted by molar-refractivity contribution is -0.136. The number of nitrogens with one attached hydrogen (secondary N) is 1. The molecular weight excluding hydrogens is 408 g/mol. The van der Waals surface area contributed by atoms with Crippen LogP contribution in [0.1, 0.15) is 41.3 Å². The van der Waals surface area contributed by atoms with Crippen LogP contribution >= 0.6 is 0 Å². The number of hydrogen-bond donors (Lipinski definition) is 1. The van der Waals surface area contributed by atoms with Crippen LogP contribution in [0.3, 0.4) is 0 Å². The zero-order valence-corrected chi connectivity index (χ0v) is 18.3. The van der Waals surface area contributed by atoms with Crippen molar-refractivity contribution in [3.05, 3.63) is 53.2 Å². The van der Waals surface area contributed by atoms with Gasteiger partial charge in [0.15, 0.2) is 0 Å². The van der Waals surface area contributed by atoms with Crippen LogP contribution in [0.5, 0.6) is 0 Å². The molecule has 1 atom stereocenters. The first kappa shape index (κ1) is 20.8. The Kier molecular flexibility index (Phi) is 5.06. The van der Waals surface area contributed by atoms with Crippen molar-refractivity contribution in [2.45, 2.75) is 44.5 Å². The Balaban J connectivity index is 1.32. The lowest BCUT2D eigenvalue weighted by Gasteiger charge is -2.47. The number of ether oxygens (including phenoxy) is 1. The van der Waals surface area contributed by atoms with E-state index < -0.39 is 11.9 Å². The van der Waals surface area contributed by atoms with Gasteiger partial charge >= 0.3 is 0 Å². The average molecular weight is 434 g/mol. The Morgan fingerprint density at radius 3 is 2.75 bits per heavy atom. The number of aromatic nitrogens is 1. The quantitative estimate of drug-likeness (QED) is 0.721. The number of piperidine rings is 1. The average Bonchev–Trinajstić information content (AvgIpc) is 3.08. The maximum absolute atomic E-state index is 12.9. The number of hydrogen-bond acceptors (Lipinski definition) is 6. The molecule has 0 radical (unpaired) electrons. The standard InChI is InChI=1S/C24H26N4O4/c1-24(32-2)13-27(14-24)11-15-7-8-25-19(9-15)16-3-4-18-17(10-16)12-28(23(18)31)20-5-6-21(29)26-22(20)30/h3-4,7-10,20H,5-6,11-14H2,1-2H3,(H,26,29,30). The third-order valence-corrected chi connectivity index (χ3v) is 6.66. The molecule has 8 heteroatoms. The number of rotatable bonds is 5. The minimum Gasteiger partial charge on any atom is -0.376 e.